The maximum absolute atomic E-state index is 14.4. The van der Waals surface area contributed by atoms with Gasteiger partial charge in [0.2, 0.25) is 0 Å². The Hall–Kier alpha value is -1.69. The van der Waals surface area contributed by atoms with Gasteiger partial charge in [-0.05, 0) is 26.0 Å². The first-order valence-electron chi connectivity index (χ1n) is 9.51. The molecular formula is C19H23ClF2N4O4. The molecule has 2 aromatic rings. The second-order valence-corrected chi connectivity index (χ2v) is 8.15. The Balaban J connectivity index is 1.74. The van der Waals surface area contributed by atoms with E-state index in [0.717, 1.165) is 0 Å². The Labute approximate surface area is 177 Å². The molecule has 1 aromatic carbocycles. The van der Waals surface area contributed by atoms with Crippen LogP contribution >= 0.6 is 11.6 Å². The third-order valence-electron chi connectivity index (χ3n) is 5.40. The first kappa shape index (κ1) is 21.5. The molecule has 2 N–H and O–H groups in total. The molecule has 2 aliphatic heterocycles. The molecule has 2 saturated heterocycles. The van der Waals surface area contributed by atoms with Crippen molar-refractivity contribution in [1.82, 2.24) is 15.0 Å². The zero-order chi connectivity index (χ0) is 21.6. The van der Waals surface area contributed by atoms with Crippen LogP contribution in [-0.2, 0) is 18.9 Å². The SMILES string of the molecule is CO[C@@H]1[C@@H](n2cc(-c3ccc(Cl)c(F)c3F)nn2)[C@H]2OC(C)(C)OC[C@H]2O[C@@H]1CN. The lowest BCUT2D eigenvalue weighted by Crippen LogP contribution is -2.63. The Bertz CT molecular complexity index is 928. The van der Waals surface area contributed by atoms with E-state index in [9.17, 15) is 8.78 Å². The molecule has 11 heteroatoms. The predicted octanol–water partition coefficient (Wildman–Crippen LogP) is 2.31. The molecule has 0 saturated carbocycles. The number of rotatable bonds is 4. The molecule has 2 fully saturated rings. The van der Waals surface area contributed by atoms with Crippen LogP contribution in [0.3, 0.4) is 0 Å². The molecule has 0 unspecified atom stereocenters. The molecule has 4 rings (SSSR count). The second kappa shape index (κ2) is 8.10. The van der Waals surface area contributed by atoms with Crippen molar-refractivity contribution in [2.24, 2.45) is 5.73 Å². The molecule has 0 radical (unpaired) electrons. The van der Waals surface area contributed by atoms with Gasteiger partial charge in [-0.2, -0.15) is 0 Å². The molecule has 30 heavy (non-hydrogen) atoms. The van der Waals surface area contributed by atoms with Crippen molar-refractivity contribution in [1.29, 1.82) is 0 Å². The van der Waals surface area contributed by atoms with Crippen molar-refractivity contribution in [3.8, 4) is 11.3 Å². The fourth-order valence-corrected chi connectivity index (χ4v) is 4.13. The Morgan fingerprint density at radius 2 is 2.10 bits per heavy atom. The number of ether oxygens (including phenoxy) is 4. The number of nitrogens with two attached hydrogens (primary N) is 1. The number of halogens is 3. The summed E-state index contributed by atoms with van der Waals surface area (Å²) in [6.45, 7) is 4.12. The van der Waals surface area contributed by atoms with Crippen molar-refractivity contribution in [2.45, 2.75) is 50.1 Å². The standard InChI is InChI=1S/C19H23ClF2N4O4/c1-19(2)28-8-13-18(30-19)16(17(27-3)12(6-23)29-13)26-7-11(24-25-26)9-4-5-10(20)15(22)14(9)21/h4-5,7,12-13,16-18H,6,8,23H2,1-3H3/t12-,13-,16-,17+,18+/m1/s1. The van der Waals surface area contributed by atoms with Gasteiger partial charge in [-0.25, -0.2) is 13.5 Å². The van der Waals surface area contributed by atoms with E-state index < -0.39 is 47.9 Å². The van der Waals surface area contributed by atoms with Crippen molar-refractivity contribution in [3.05, 3.63) is 35.0 Å². The lowest BCUT2D eigenvalue weighted by molar-refractivity contribution is -0.348. The van der Waals surface area contributed by atoms with E-state index in [-0.39, 0.29) is 22.8 Å². The number of hydrogen-bond donors (Lipinski definition) is 1. The first-order valence-corrected chi connectivity index (χ1v) is 9.89. The average Bonchev–Trinajstić information content (AvgIpc) is 3.19. The van der Waals surface area contributed by atoms with Crippen LogP contribution in [0.5, 0.6) is 0 Å². The maximum Gasteiger partial charge on any atom is 0.178 e. The topological polar surface area (TPSA) is 93.7 Å². The van der Waals surface area contributed by atoms with E-state index in [0.29, 0.717) is 6.61 Å². The van der Waals surface area contributed by atoms with Gasteiger partial charge in [-0.15, -0.1) is 5.10 Å². The average molecular weight is 445 g/mol. The minimum atomic E-state index is -1.14. The van der Waals surface area contributed by atoms with Crippen molar-refractivity contribution in [3.63, 3.8) is 0 Å². The highest BCUT2D eigenvalue weighted by atomic mass is 35.5. The summed E-state index contributed by atoms with van der Waals surface area (Å²) in [6, 6.07) is 2.14. The van der Waals surface area contributed by atoms with E-state index in [2.05, 4.69) is 10.3 Å². The largest absolute Gasteiger partial charge is 0.376 e. The predicted molar refractivity (Wildman–Crippen MR) is 103 cm³/mol. The highest BCUT2D eigenvalue weighted by molar-refractivity contribution is 6.30. The summed E-state index contributed by atoms with van der Waals surface area (Å²) in [6.07, 6.45) is -0.314. The number of benzene rings is 1. The van der Waals surface area contributed by atoms with Gasteiger partial charge >= 0.3 is 0 Å². The molecule has 1 aromatic heterocycles. The van der Waals surface area contributed by atoms with Gasteiger partial charge in [0.1, 0.15) is 30.0 Å². The van der Waals surface area contributed by atoms with Gasteiger partial charge in [0, 0.05) is 19.2 Å². The van der Waals surface area contributed by atoms with Crippen LogP contribution in [0.15, 0.2) is 18.3 Å². The molecule has 5 atom stereocenters. The molecule has 8 nitrogen and oxygen atoms in total. The molecule has 164 valence electrons. The number of hydrogen-bond acceptors (Lipinski definition) is 7. The van der Waals surface area contributed by atoms with Crippen LogP contribution in [0.1, 0.15) is 19.9 Å². The molecular weight excluding hydrogens is 422 g/mol. The monoisotopic (exact) mass is 444 g/mol. The van der Waals surface area contributed by atoms with Crippen molar-refractivity contribution < 1.29 is 27.7 Å². The normalized spacial score (nSPS) is 30.8. The van der Waals surface area contributed by atoms with E-state index >= 15 is 0 Å². The minimum Gasteiger partial charge on any atom is -0.376 e. The van der Waals surface area contributed by atoms with Gasteiger partial charge in [0.25, 0.3) is 0 Å². The van der Waals surface area contributed by atoms with Crippen molar-refractivity contribution >= 4 is 11.6 Å². The summed E-state index contributed by atoms with van der Waals surface area (Å²) in [5.74, 6) is -3.07. The van der Waals surface area contributed by atoms with Gasteiger partial charge in [-0.1, -0.05) is 16.8 Å². The van der Waals surface area contributed by atoms with E-state index in [1.54, 1.807) is 21.0 Å². The molecule has 0 spiro atoms. The van der Waals surface area contributed by atoms with Gasteiger partial charge in [0.15, 0.2) is 17.4 Å². The summed E-state index contributed by atoms with van der Waals surface area (Å²) in [5, 5.41) is 7.89. The summed E-state index contributed by atoms with van der Waals surface area (Å²) >= 11 is 5.65. The van der Waals surface area contributed by atoms with Gasteiger partial charge in [-0.3, -0.25) is 0 Å². The zero-order valence-corrected chi connectivity index (χ0v) is 17.5. The Morgan fingerprint density at radius 3 is 2.80 bits per heavy atom. The molecule has 0 aliphatic carbocycles. The fourth-order valence-electron chi connectivity index (χ4n) is 3.98. The molecule has 0 amide bonds. The van der Waals surface area contributed by atoms with Crippen LogP contribution in [0.25, 0.3) is 11.3 Å². The fraction of sp³-hybridized carbons (Fsp3) is 0.579. The smallest absolute Gasteiger partial charge is 0.178 e. The molecule has 0 bridgehead atoms. The highest BCUT2D eigenvalue weighted by Crippen LogP contribution is 2.39. The van der Waals surface area contributed by atoms with E-state index in [1.807, 2.05) is 0 Å². The van der Waals surface area contributed by atoms with Crippen LogP contribution < -0.4 is 5.73 Å². The quantitative estimate of drug-likeness (QED) is 0.723. The summed E-state index contributed by atoms with van der Waals surface area (Å²) in [4.78, 5) is 0. The second-order valence-electron chi connectivity index (χ2n) is 7.74. The summed E-state index contributed by atoms with van der Waals surface area (Å²) in [7, 11) is 1.54. The third-order valence-corrected chi connectivity index (χ3v) is 5.69. The molecule has 2 aliphatic rings. The number of nitrogens with zero attached hydrogens (tertiary/aromatic N) is 3. The lowest BCUT2D eigenvalue weighted by atomic mass is 9.91. The minimum absolute atomic E-state index is 0.0515. The van der Waals surface area contributed by atoms with Crippen LogP contribution in [0.4, 0.5) is 8.78 Å². The Morgan fingerprint density at radius 1 is 1.33 bits per heavy atom. The van der Waals surface area contributed by atoms with E-state index in [4.69, 9.17) is 36.3 Å². The highest BCUT2D eigenvalue weighted by Gasteiger charge is 2.52. The number of fused-ring (bicyclic) bond motifs is 1. The molecule has 3 heterocycles. The first-order chi connectivity index (χ1) is 14.3. The van der Waals surface area contributed by atoms with Gasteiger partial charge in [0.05, 0.1) is 23.9 Å². The van der Waals surface area contributed by atoms with Crippen LogP contribution in [-0.4, -0.2) is 65.5 Å². The zero-order valence-electron chi connectivity index (χ0n) is 16.7. The Kier molecular flexibility index (Phi) is 5.82. The van der Waals surface area contributed by atoms with Crippen LogP contribution in [0, 0.1) is 11.6 Å². The van der Waals surface area contributed by atoms with Crippen LogP contribution in [0.2, 0.25) is 5.02 Å². The maximum atomic E-state index is 14.4. The summed E-state index contributed by atoms with van der Waals surface area (Å²) < 4.78 is 53.4. The van der Waals surface area contributed by atoms with Gasteiger partial charge < -0.3 is 24.7 Å². The third kappa shape index (κ3) is 3.72. The number of methoxy groups -OCH3 is 1. The van der Waals surface area contributed by atoms with Crippen molar-refractivity contribution in [2.75, 3.05) is 20.3 Å². The summed E-state index contributed by atoms with van der Waals surface area (Å²) in [5.41, 5.74) is 5.99. The van der Waals surface area contributed by atoms with E-state index in [1.165, 1.54) is 23.0 Å². The lowest BCUT2D eigenvalue weighted by Gasteiger charge is -2.50. The number of aromatic nitrogens is 3.